The first-order valence-electron chi connectivity index (χ1n) is 9.47. The summed E-state index contributed by atoms with van der Waals surface area (Å²) in [6.45, 7) is 9.04. The van der Waals surface area contributed by atoms with Gasteiger partial charge in [-0.1, -0.05) is 30.7 Å². The van der Waals surface area contributed by atoms with Crippen molar-refractivity contribution in [3.05, 3.63) is 64.1 Å². The van der Waals surface area contributed by atoms with Crippen LogP contribution in [0, 0.1) is 5.82 Å². The molecular formula is C23H25ClFNO3. The molecule has 3 rings (SSSR count). The van der Waals surface area contributed by atoms with Crippen LogP contribution in [0.25, 0.3) is 16.7 Å². The third kappa shape index (κ3) is 3.82. The van der Waals surface area contributed by atoms with E-state index in [0.717, 1.165) is 5.56 Å². The summed E-state index contributed by atoms with van der Waals surface area (Å²) in [4.78, 5) is 18.5. The number of ether oxygens (including phenoxy) is 1. The summed E-state index contributed by atoms with van der Waals surface area (Å²) in [7, 11) is 0. The minimum Gasteiger partial charge on any atom is -0.412 e. The molecule has 1 aliphatic rings. The molecule has 0 saturated carbocycles. The predicted octanol–water partition coefficient (Wildman–Crippen LogP) is 5.47. The molecule has 0 bridgehead atoms. The number of benzene rings is 2. The number of carbonyl (C=O) groups is 1. The van der Waals surface area contributed by atoms with E-state index in [1.807, 2.05) is 19.1 Å². The molecule has 0 aromatic heterocycles. The second kappa shape index (κ2) is 7.56. The van der Waals surface area contributed by atoms with Gasteiger partial charge in [-0.3, -0.25) is 4.79 Å². The molecule has 1 heterocycles. The van der Waals surface area contributed by atoms with Crippen molar-refractivity contribution in [2.24, 2.45) is 5.90 Å². The Balaban J connectivity index is 2.30. The van der Waals surface area contributed by atoms with Crippen molar-refractivity contribution >= 4 is 23.0 Å². The molecule has 2 N–H and O–H groups in total. The molecule has 29 heavy (non-hydrogen) atoms. The van der Waals surface area contributed by atoms with Gasteiger partial charge in [-0.05, 0) is 75.1 Å². The fourth-order valence-electron chi connectivity index (χ4n) is 3.89. The molecule has 0 fully saturated rings. The number of carbonyl (C=O) groups excluding carboxylic acids is 1. The summed E-state index contributed by atoms with van der Waals surface area (Å²) in [6.07, 6.45) is 0.676. The number of hydrogen-bond acceptors (Lipinski definition) is 4. The summed E-state index contributed by atoms with van der Waals surface area (Å²) >= 11 is 5.89. The molecular weight excluding hydrogens is 393 g/mol. The first-order chi connectivity index (χ1) is 13.5. The molecule has 0 amide bonds. The van der Waals surface area contributed by atoms with E-state index in [9.17, 15) is 9.18 Å². The fourth-order valence-corrected chi connectivity index (χ4v) is 4.05. The van der Waals surface area contributed by atoms with E-state index in [1.165, 1.54) is 6.07 Å². The van der Waals surface area contributed by atoms with E-state index in [2.05, 4.69) is 0 Å². The van der Waals surface area contributed by atoms with Crippen molar-refractivity contribution in [3.63, 3.8) is 0 Å². The van der Waals surface area contributed by atoms with Gasteiger partial charge in [-0.2, -0.15) is 5.90 Å². The second-order valence-electron chi connectivity index (χ2n) is 8.12. The van der Waals surface area contributed by atoms with Gasteiger partial charge < -0.3 is 9.57 Å². The minimum atomic E-state index is -1.06. The van der Waals surface area contributed by atoms with Crippen LogP contribution in [-0.2, 0) is 20.8 Å². The average molecular weight is 418 g/mol. The highest BCUT2D eigenvalue weighted by Gasteiger charge is 2.48. The van der Waals surface area contributed by atoms with Gasteiger partial charge >= 0.3 is 0 Å². The van der Waals surface area contributed by atoms with Gasteiger partial charge in [0.25, 0.3) is 0 Å². The minimum absolute atomic E-state index is 0.235. The maximum absolute atomic E-state index is 14.5. The summed E-state index contributed by atoms with van der Waals surface area (Å²) in [5, 5.41) is 0.321. The Bertz CT molecular complexity index is 1010. The van der Waals surface area contributed by atoms with Crippen molar-refractivity contribution in [1.29, 1.82) is 0 Å². The smallest absolute Gasteiger partial charge is 0.198 e. The number of aryl methyl sites for hydroxylation is 1. The van der Waals surface area contributed by atoms with Crippen molar-refractivity contribution in [2.45, 2.75) is 52.2 Å². The van der Waals surface area contributed by atoms with Crippen LogP contribution in [0.2, 0.25) is 5.02 Å². The monoisotopic (exact) mass is 417 g/mol. The Morgan fingerprint density at radius 3 is 2.34 bits per heavy atom. The van der Waals surface area contributed by atoms with Gasteiger partial charge in [-0.25, -0.2) is 4.39 Å². The van der Waals surface area contributed by atoms with E-state index in [4.69, 9.17) is 27.1 Å². The second-order valence-corrected chi connectivity index (χ2v) is 8.56. The number of halogens is 2. The molecule has 4 nitrogen and oxygen atoms in total. The van der Waals surface area contributed by atoms with Crippen LogP contribution < -0.4 is 5.90 Å². The summed E-state index contributed by atoms with van der Waals surface area (Å²) in [5.41, 5.74) is 1.00. The largest absolute Gasteiger partial charge is 0.412 e. The maximum Gasteiger partial charge on any atom is 0.198 e. The number of rotatable bonds is 4. The highest BCUT2D eigenvalue weighted by Crippen LogP contribution is 2.43. The van der Waals surface area contributed by atoms with Gasteiger partial charge in [0, 0.05) is 10.6 Å². The Labute approximate surface area is 175 Å². The van der Waals surface area contributed by atoms with Crippen LogP contribution in [0.4, 0.5) is 4.39 Å². The number of Topliss-reactive ketones (excluding diaryl/α,β-unsaturated/α-hetero) is 1. The Hall–Kier alpha value is -2.21. The lowest BCUT2D eigenvalue weighted by Gasteiger charge is -2.41. The van der Waals surface area contributed by atoms with Crippen molar-refractivity contribution in [2.75, 3.05) is 0 Å². The molecule has 6 heteroatoms. The summed E-state index contributed by atoms with van der Waals surface area (Å²) in [5.74, 6) is 5.16. The lowest BCUT2D eigenvalue weighted by Crippen LogP contribution is -2.50. The molecule has 2 aromatic carbocycles. The highest BCUT2D eigenvalue weighted by molar-refractivity contribution is 6.30. The average Bonchev–Trinajstić information content (AvgIpc) is 2.63. The van der Waals surface area contributed by atoms with Crippen LogP contribution in [0.15, 0.2) is 42.2 Å². The summed E-state index contributed by atoms with van der Waals surface area (Å²) < 4.78 is 20.5. The molecule has 0 saturated heterocycles. The first kappa shape index (κ1) is 21.5. The van der Waals surface area contributed by atoms with Crippen LogP contribution in [-0.4, -0.2) is 17.0 Å². The predicted molar refractivity (Wildman–Crippen MR) is 113 cm³/mol. The molecule has 2 aromatic rings. The van der Waals surface area contributed by atoms with E-state index < -0.39 is 17.0 Å². The fraction of sp³-hybridized carbons (Fsp3) is 0.348. The number of hydrogen-bond donors (Lipinski definition) is 1. The maximum atomic E-state index is 14.5. The highest BCUT2D eigenvalue weighted by atomic mass is 35.5. The molecule has 0 atom stereocenters. The number of ketones is 1. The number of nitrogens with two attached hydrogens (primary N) is 1. The topological polar surface area (TPSA) is 61.6 Å². The van der Waals surface area contributed by atoms with Gasteiger partial charge in [0.05, 0.1) is 5.57 Å². The van der Waals surface area contributed by atoms with Gasteiger partial charge in [-0.15, -0.1) is 0 Å². The van der Waals surface area contributed by atoms with E-state index in [1.54, 1.807) is 45.9 Å². The molecule has 0 spiro atoms. The quantitative estimate of drug-likeness (QED) is 0.670. The van der Waals surface area contributed by atoms with Crippen molar-refractivity contribution < 1.29 is 18.8 Å². The van der Waals surface area contributed by atoms with Crippen molar-refractivity contribution in [3.8, 4) is 11.1 Å². The van der Waals surface area contributed by atoms with Crippen LogP contribution >= 0.6 is 11.6 Å². The first-order valence-corrected chi connectivity index (χ1v) is 9.84. The normalized spacial score (nSPS) is 18.1. The SMILES string of the molecule is CCc1ccc(-c2ccc(Cl)cc2F)cc1C1=C(ON)C(C)(C)OC(C)(C)C1=O. The lowest BCUT2D eigenvalue weighted by molar-refractivity contribution is -0.160. The van der Waals surface area contributed by atoms with Gasteiger partial charge in [0.15, 0.2) is 11.5 Å². The standard InChI is InChI=1S/C23H25ClFNO3/c1-6-13-7-8-14(16-10-9-15(24)12-18(16)25)11-17(13)19-20(27)22(2,3)29-23(4,5)21(19)28-26/h7-12H,6,26H2,1-5H3. The molecule has 0 aliphatic carbocycles. The van der Waals surface area contributed by atoms with E-state index in [0.29, 0.717) is 33.7 Å². The van der Waals surface area contributed by atoms with Crippen molar-refractivity contribution in [1.82, 2.24) is 0 Å². The Kier molecular flexibility index (Phi) is 5.60. The Morgan fingerprint density at radius 2 is 1.76 bits per heavy atom. The van der Waals surface area contributed by atoms with E-state index in [-0.39, 0.29) is 11.5 Å². The molecule has 0 unspecified atom stereocenters. The third-order valence-electron chi connectivity index (χ3n) is 5.18. The zero-order valence-electron chi connectivity index (χ0n) is 17.2. The zero-order valence-corrected chi connectivity index (χ0v) is 18.0. The lowest BCUT2D eigenvalue weighted by atomic mass is 9.80. The molecule has 0 radical (unpaired) electrons. The van der Waals surface area contributed by atoms with Crippen LogP contribution in [0.3, 0.4) is 0 Å². The van der Waals surface area contributed by atoms with Gasteiger partial charge in [0.1, 0.15) is 17.0 Å². The molecule has 1 aliphatic heterocycles. The van der Waals surface area contributed by atoms with E-state index >= 15 is 0 Å². The third-order valence-corrected chi connectivity index (χ3v) is 5.41. The molecule has 154 valence electrons. The zero-order chi connectivity index (χ0) is 21.6. The Morgan fingerprint density at radius 1 is 1.07 bits per heavy atom. The van der Waals surface area contributed by atoms with Gasteiger partial charge in [0.2, 0.25) is 0 Å². The van der Waals surface area contributed by atoms with Crippen LogP contribution in [0.5, 0.6) is 0 Å². The van der Waals surface area contributed by atoms with Crippen LogP contribution in [0.1, 0.15) is 45.7 Å². The summed E-state index contributed by atoms with van der Waals surface area (Å²) in [6, 6.07) is 10.0.